The van der Waals surface area contributed by atoms with Gasteiger partial charge in [-0.2, -0.15) is 0 Å². The van der Waals surface area contributed by atoms with Gasteiger partial charge in [-0.1, -0.05) is 43.3 Å². The van der Waals surface area contributed by atoms with Crippen LogP contribution in [0.1, 0.15) is 18.1 Å². The number of nitrogens with zero attached hydrogens (tertiary/aromatic N) is 2. The van der Waals surface area contributed by atoms with Crippen LogP contribution in [0.15, 0.2) is 54.6 Å². The lowest BCUT2D eigenvalue weighted by Gasteiger charge is -2.18. The minimum Gasteiger partial charge on any atom is -0.494 e. The number of anilines is 2. The molecule has 2 aromatic carbocycles. The van der Waals surface area contributed by atoms with Crippen molar-refractivity contribution in [3.05, 3.63) is 65.7 Å². The summed E-state index contributed by atoms with van der Waals surface area (Å²) >= 11 is 0. The molecule has 4 heteroatoms. The molecule has 1 aliphatic rings. The van der Waals surface area contributed by atoms with E-state index >= 15 is 0 Å². The van der Waals surface area contributed by atoms with E-state index in [9.17, 15) is 10.2 Å². The van der Waals surface area contributed by atoms with Gasteiger partial charge in [0.15, 0.2) is 0 Å². The first kappa shape index (κ1) is 14.7. The van der Waals surface area contributed by atoms with E-state index in [0.717, 1.165) is 36.3 Å². The van der Waals surface area contributed by atoms with E-state index in [2.05, 4.69) is 24.0 Å². The highest BCUT2D eigenvalue weighted by atomic mass is 16.3. The van der Waals surface area contributed by atoms with Crippen LogP contribution in [0, 0.1) is 0 Å². The third kappa shape index (κ3) is 2.14. The highest BCUT2D eigenvalue weighted by Crippen LogP contribution is 2.44. The summed E-state index contributed by atoms with van der Waals surface area (Å²) < 4.78 is 1.52. The zero-order valence-corrected chi connectivity index (χ0v) is 13.6. The summed E-state index contributed by atoms with van der Waals surface area (Å²) in [6.07, 6.45) is 1.77. The third-order valence-electron chi connectivity index (χ3n) is 4.73. The Morgan fingerprint density at radius 3 is 2.42 bits per heavy atom. The average Bonchev–Trinajstić information content (AvgIpc) is 3.15. The van der Waals surface area contributed by atoms with E-state index < -0.39 is 0 Å². The van der Waals surface area contributed by atoms with Crippen LogP contribution in [0.5, 0.6) is 11.8 Å². The molecule has 0 fully saturated rings. The molecule has 4 rings (SSSR count). The lowest BCUT2D eigenvalue weighted by Crippen LogP contribution is -2.12. The van der Waals surface area contributed by atoms with Crippen molar-refractivity contribution in [1.82, 2.24) is 4.57 Å². The SMILES string of the molecule is CCc1ccccc1-n1c(O)cc(N2CCc3ccccc32)c1O. The predicted octanol–water partition coefficient (Wildman–Crippen LogP) is 4.15. The van der Waals surface area contributed by atoms with E-state index in [1.165, 1.54) is 10.1 Å². The van der Waals surface area contributed by atoms with Gasteiger partial charge in [0.05, 0.1) is 5.69 Å². The maximum Gasteiger partial charge on any atom is 0.223 e. The van der Waals surface area contributed by atoms with Gasteiger partial charge >= 0.3 is 0 Å². The summed E-state index contributed by atoms with van der Waals surface area (Å²) in [5, 5.41) is 21.3. The fourth-order valence-corrected chi connectivity index (χ4v) is 3.53. The van der Waals surface area contributed by atoms with Gasteiger partial charge in [-0.15, -0.1) is 0 Å². The Labute approximate surface area is 141 Å². The van der Waals surface area contributed by atoms with Crippen molar-refractivity contribution >= 4 is 11.4 Å². The lowest BCUT2D eigenvalue weighted by atomic mass is 10.1. The molecule has 3 aromatic rings. The summed E-state index contributed by atoms with van der Waals surface area (Å²) in [4.78, 5) is 2.06. The number of para-hydroxylation sites is 2. The molecule has 122 valence electrons. The highest BCUT2D eigenvalue weighted by Gasteiger charge is 2.26. The Hall–Kier alpha value is -2.88. The largest absolute Gasteiger partial charge is 0.494 e. The Morgan fingerprint density at radius 1 is 0.917 bits per heavy atom. The van der Waals surface area contributed by atoms with Crippen LogP contribution in [0.2, 0.25) is 0 Å². The van der Waals surface area contributed by atoms with Crippen molar-refractivity contribution in [2.45, 2.75) is 19.8 Å². The van der Waals surface area contributed by atoms with Crippen LogP contribution in [-0.4, -0.2) is 21.3 Å². The molecular weight excluding hydrogens is 300 g/mol. The molecule has 1 aliphatic heterocycles. The van der Waals surface area contributed by atoms with E-state index in [0.29, 0.717) is 5.69 Å². The number of aromatic hydroxyl groups is 2. The van der Waals surface area contributed by atoms with Crippen LogP contribution < -0.4 is 4.90 Å². The van der Waals surface area contributed by atoms with Crippen LogP contribution in [0.4, 0.5) is 11.4 Å². The van der Waals surface area contributed by atoms with E-state index in [4.69, 9.17) is 0 Å². The number of fused-ring (bicyclic) bond motifs is 1. The van der Waals surface area contributed by atoms with Gasteiger partial charge in [0, 0.05) is 18.3 Å². The lowest BCUT2D eigenvalue weighted by molar-refractivity contribution is 0.402. The molecule has 0 amide bonds. The molecule has 1 aromatic heterocycles. The average molecular weight is 320 g/mol. The van der Waals surface area contributed by atoms with Gasteiger partial charge in [-0.3, -0.25) is 0 Å². The second-order valence-electron chi connectivity index (χ2n) is 6.06. The van der Waals surface area contributed by atoms with Gasteiger partial charge in [-0.05, 0) is 36.1 Å². The zero-order valence-electron chi connectivity index (χ0n) is 13.6. The van der Waals surface area contributed by atoms with Crippen LogP contribution in [0.3, 0.4) is 0 Å². The molecule has 0 spiro atoms. The van der Waals surface area contributed by atoms with Gasteiger partial charge < -0.3 is 15.1 Å². The molecule has 2 N–H and O–H groups in total. The Bertz CT molecular complexity index is 898. The number of aryl methyl sites for hydroxylation is 1. The van der Waals surface area contributed by atoms with Crippen molar-refractivity contribution < 1.29 is 10.2 Å². The number of rotatable bonds is 3. The van der Waals surface area contributed by atoms with Crippen molar-refractivity contribution in [3.63, 3.8) is 0 Å². The summed E-state index contributed by atoms with van der Waals surface area (Å²) in [7, 11) is 0. The summed E-state index contributed by atoms with van der Waals surface area (Å²) in [5.41, 5.74) is 4.89. The van der Waals surface area contributed by atoms with E-state index in [1.54, 1.807) is 6.07 Å². The summed E-state index contributed by atoms with van der Waals surface area (Å²) in [5.74, 6) is 0.123. The Morgan fingerprint density at radius 2 is 1.62 bits per heavy atom. The summed E-state index contributed by atoms with van der Waals surface area (Å²) in [6.45, 7) is 2.86. The molecular formula is C20H20N2O2. The van der Waals surface area contributed by atoms with Crippen molar-refractivity contribution in [3.8, 4) is 17.4 Å². The maximum absolute atomic E-state index is 10.8. The molecule has 24 heavy (non-hydrogen) atoms. The second-order valence-corrected chi connectivity index (χ2v) is 6.06. The quantitative estimate of drug-likeness (QED) is 0.762. The molecule has 2 heterocycles. The van der Waals surface area contributed by atoms with Crippen LogP contribution in [-0.2, 0) is 12.8 Å². The van der Waals surface area contributed by atoms with Gasteiger partial charge in [0.1, 0.15) is 5.69 Å². The van der Waals surface area contributed by atoms with Crippen molar-refractivity contribution in [2.75, 3.05) is 11.4 Å². The Balaban J connectivity index is 1.84. The monoisotopic (exact) mass is 320 g/mol. The second kappa shape index (κ2) is 5.64. The minimum absolute atomic E-state index is 0.0489. The highest BCUT2D eigenvalue weighted by molar-refractivity contribution is 5.75. The zero-order chi connectivity index (χ0) is 16.7. The normalized spacial score (nSPS) is 13.3. The number of benzene rings is 2. The topological polar surface area (TPSA) is 48.6 Å². The maximum atomic E-state index is 10.8. The fraction of sp³-hybridized carbons (Fsp3) is 0.200. The molecule has 0 radical (unpaired) electrons. The Kier molecular flexibility index (Phi) is 3.45. The molecule has 0 atom stereocenters. The van der Waals surface area contributed by atoms with Gasteiger partial charge in [-0.25, -0.2) is 4.57 Å². The number of aromatic nitrogens is 1. The fourth-order valence-electron chi connectivity index (χ4n) is 3.53. The van der Waals surface area contributed by atoms with E-state index in [-0.39, 0.29) is 11.8 Å². The third-order valence-corrected chi connectivity index (χ3v) is 4.73. The number of hydrogen-bond acceptors (Lipinski definition) is 3. The first-order valence-electron chi connectivity index (χ1n) is 8.28. The smallest absolute Gasteiger partial charge is 0.223 e. The molecule has 4 nitrogen and oxygen atoms in total. The van der Waals surface area contributed by atoms with Crippen molar-refractivity contribution in [2.24, 2.45) is 0 Å². The predicted molar refractivity (Wildman–Crippen MR) is 95.6 cm³/mol. The van der Waals surface area contributed by atoms with Crippen LogP contribution >= 0.6 is 0 Å². The van der Waals surface area contributed by atoms with E-state index in [1.807, 2.05) is 36.4 Å². The van der Waals surface area contributed by atoms with Gasteiger partial charge in [0.25, 0.3) is 0 Å². The first-order valence-corrected chi connectivity index (χ1v) is 8.28. The molecule has 0 saturated carbocycles. The standard InChI is InChI=1S/C20H20N2O2/c1-2-14-7-3-6-10-17(14)22-19(23)13-18(20(22)24)21-12-11-15-8-4-5-9-16(15)21/h3-10,13,23-24H,2,11-12H2,1H3. The molecule has 0 bridgehead atoms. The molecule has 0 unspecified atom stereocenters. The van der Waals surface area contributed by atoms with Gasteiger partial charge in [0.2, 0.25) is 11.8 Å². The van der Waals surface area contributed by atoms with Crippen LogP contribution in [0.25, 0.3) is 5.69 Å². The molecule has 0 saturated heterocycles. The number of hydrogen-bond donors (Lipinski definition) is 2. The summed E-state index contributed by atoms with van der Waals surface area (Å²) in [6, 6.07) is 17.6. The first-order chi connectivity index (χ1) is 11.7. The minimum atomic E-state index is 0.0489. The van der Waals surface area contributed by atoms with Crippen molar-refractivity contribution in [1.29, 1.82) is 0 Å². The molecule has 0 aliphatic carbocycles.